The number of allylic oxidation sites excluding steroid dienone is 10. The molecule has 0 saturated carbocycles. The Kier molecular flexibility index (Phi) is 11.1. The van der Waals surface area contributed by atoms with Crippen molar-refractivity contribution in [3.8, 4) is 0 Å². The zero-order valence-corrected chi connectivity index (χ0v) is 22.5. The van der Waals surface area contributed by atoms with Gasteiger partial charge in [0.05, 0.1) is 9.79 Å². The topological polar surface area (TPSA) is 173 Å². The Morgan fingerprint density at radius 3 is 1.13 bits per heavy atom. The minimum Gasteiger partial charge on any atom is -0.744 e. The fourth-order valence-electron chi connectivity index (χ4n) is 2.96. The van der Waals surface area contributed by atoms with Gasteiger partial charge in [0.25, 0.3) is 0 Å². The standard InChI is InChI=1S/2C13H11NO4S.Co/c2*15-13-4-2-1-3-10(13)9-14-11-5-7-12(8-6-11)19(16,17)18;/h2*1-9,14H,(H,16,17,18);/p-2/b2*10-9-;. The van der Waals surface area contributed by atoms with Crippen LogP contribution in [0.4, 0.5) is 11.4 Å². The molecule has 0 saturated heterocycles. The molecule has 39 heavy (non-hydrogen) atoms. The van der Waals surface area contributed by atoms with Crippen LogP contribution in [-0.2, 0) is 46.6 Å². The molecule has 0 atom stereocenters. The van der Waals surface area contributed by atoms with Crippen molar-refractivity contribution in [2.75, 3.05) is 10.6 Å². The number of hydrogen-bond acceptors (Lipinski definition) is 10. The first-order chi connectivity index (χ1) is 17.9. The minimum absolute atomic E-state index is 0. The van der Waals surface area contributed by atoms with Crippen LogP contribution < -0.4 is 10.6 Å². The Balaban J connectivity index is 0.000000267. The third kappa shape index (κ3) is 9.75. The van der Waals surface area contributed by atoms with Crippen LogP contribution in [0.5, 0.6) is 0 Å². The van der Waals surface area contributed by atoms with Gasteiger partial charge in [-0.3, -0.25) is 9.59 Å². The van der Waals surface area contributed by atoms with E-state index in [2.05, 4.69) is 10.6 Å². The molecule has 0 fully saturated rings. The van der Waals surface area contributed by atoms with Gasteiger partial charge in [-0.1, -0.05) is 24.3 Å². The summed E-state index contributed by atoms with van der Waals surface area (Å²) in [5, 5.41) is 5.72. The van der Waals surface area contributed by atoms with Crippen LogP contribution in [0.3, 0.4) is 0 Å². The van der Waals surface area contributed by atoms with E-state index >= 15 is 0 Å². The molecule has 0 unspecified atom stereocenters. The Morgan fingerprint density at radius 2 is 0.846 bits per heavy atom. The maximum absolute atomic E-state index is 11.4. The summed E-state index contributed by atoms with van der Waals surface area (Å²) in [6, 6.07) is 10.7. The third-order valence-corrected chi connectivity index (χ3v) is 6.61. The smallest absolute Gasteiger partial charge is 0.187 e. The molecule has 13 heteroatoms. The summed E-state index contributed by atoms with van der Waals surface area (Å²) < 4.78 is 64.5. The van der Waals surface area contributed by atoms with Gasteiger partial charge in [0.15, 0.2) is 11.6 Å². The van der Waals surface area contributed by atoms with Crippen molar-refractivity contribution < 1.29 is 52.3 Å². The van der Waals surface area contributed by atoms with E-state index < -0.39 is 20.2 Å². The molecule has 0 aliphatic heterocycles. The maximum Gasteiger partial charge on any atom is 0.187 e. The fraction of sp³-hybridized carbons (Fsp3) is 0. The molecule has 0 amide bonds. The molecule has 10 nitrogen and oxygen atoms in total. The molecular formula is C26H20CoN2O8S2-2. The van der Waals surface area contributed by atoms with Crippen LogP contribution >= 0.6 is 0 Å². The predicted molar refractivity (Wildman–Crippen MR) is 139 cm³/mol. The van der Waals surface area contributed by atoms with Crippen LogP contribution in [0, 0.1) is 0 Å². The number of carbonyl (C=O) groups is 2. The number of ketones is 2. The number of rotatable bonds is 6. The van der Waals surface area contributed by atoms with E-state index in [9.17, 15) is 35.5 Å². The van der Waals surface area contributed by atoms with Crippen LogP contribution in [0.2, 0.25) is 0 Å². The van der Waals surface area contributed by atoms with Crippen LogP contribution in [0.25, 0.3) is 0 Å². The van der Waals surface area contributed by atoms with Crippen molar-refractivity contribution in [3.05, 3.63) is 121 Å². The summed E-state index contributed by atoms with van der Waals surface area (Å²) in [5.74, 6) is -0.234. The molecule has 2 aromatic rings. The number of hydrogen-bond donors (Lipinski definition) is 2. The molecular weight excluding hydrogens is 591 g/mol. The number of carbonyl (C=O) groups excluding carboxylic acids is 2. The van der Waals surface area contributed by atoms with Crippen LogP contribution in [0.1, 0.15) is 0 Å². The summed E-state index contributed by atoms with van der Waals surface area (Å²) in [7, 11) is -8.86. The largest absolute Gasteiger partial charge is 0.744 e. The second-order valence-electron chi connectivity index (χ2n) is 7.61. The molecule has 0 heterocycles. The average molecular weight is 612 g/mol. The first-order valence-corrected chi connectivity index (χ1v) is 13.6. The van der Waals surface area contributed by atoms with E-state index in [0.29, 0.717) is 22.5 Å². The molecule has 2 aliphatic rings. The first kappa shape index (κ1) is 31.4. The second-order valence-corrected chi connectivity index (χ2v) is 10.4. The SMILES string of the molecule is O=C1C=CC=C/C1=C/Nc1ccc(S(=O)(=O)[O-])cc1.O=C1C=CC=C/C1=C/Nc1ccc(S(=O)(=O)[O-])cc1.[Co]. The number of nitrogens with one attached hydrogen (secondary N) is 2. The number of anilines is 2. The van der Waals surface area contributed by atoms with Crippen molar-refractivity contribution in [2.24, 2.45) is 0 Å². The van der Waals surface area contributed by atoms with E-state index in [-0.39, 0.29) is 38.1 Å². The van der Waals surface area contributed by atoms with Crippen molar-refractivity contribution in [2.45, 2.75) is 9.79 Å². The van der Waals surface area contributed by atoms with Gasteiger partial charge in [0, 0.05) is 51.7 Å². The maximum atomic E-state index is 11.4. The molecule has 4 rings (SSSR count). The zero-order valence-electron chi connectivity index (χ0n) is 19.8. The van der Waals surface area contributed by atoms with Gasteiger partial charge in [0.2, 0.25) is 0 Å². The van der Waals surface area contributed by atoms with Gasteiger partial charge in [0.1, 0.15) is 20.2 Å². The normalized spacial score (nSPS) is 16.5. The Bertz CT molecular complexity index is 1490. The molecule has 1 radical (unpaired) electrons. The van der Waals surface area contributed by atoms with Crippen molar-refractivity contribution in [1.82, 2.24) is 0 Å². The average Bonchev–Trinajstić information content (AvgIpc) is 2.88. The third-order valence-electron chi connectivity index (χ3n) is 4.91. The van der Waals surface area contributed by atoms with Gasteiger partial charge >= 0.3 is 0 Å². The minimum atomic E-state index is -4.43. The molecule has 205 valence electrons. The summed E-state index contributed by atoms with van der Waals surface area (Å²) in [6.07, 6.45) is 16.0. The number of benzene rings is 2. The second kappa shape index (κ2) is 13.8. The van der Waals surface area contributed by atoms with Gasteiger partial charge < -0.3 is 19.7 Å². The van der Waals surface area contributed by atoms with Crippen LogP contribution in [-0.4, -0.2) is 37.5 Å². The van der Waals surface area contributed by atoms with E-state index in [1.807, 2.05) is 0 Å². The Labute approximate surface area is 235 Å². The molecule has 2 aliphatic carbocycles. The van der Waals surface area contributed by atoms with Crippen molar-refractivity contribution in [1.29, 1.82) is 0 Å². The predicted octanol–water partition coefficient (Wildman–Crippen LogP) is 3.16. The van der Waals surface area contributed by atoms with Gasteiger partial charge in [-0.15, -0.1) is 0 Å². The first-order valence-electron chi connectivity index (χ1n) is 10.8. The molecule has 0 aromatic heterocycles. The molecule has 0 spiro atoms. The Morgan fingerprint density at radius 1 is 0.538 bits per heavy atom. The van der Waals surface area contributed by atoms with Gasteiger partial charge in [-0.25, -0.2) is 16.8 Å². The fourth-order valence-corrected chi connectivity index (χ4v) is 3.90. The van der Waals surface area contributed by atoms with E-state index in [1.165, 1.54) is 73.1 Å². The van der Waals surface area contributed by atoms with E-state index in [4.69, 9.17) is 0 Å². The zero-order chi connectivity index (χ0) is 27.8. The van der Waals surface area contributed by atoms with Crippen molar-refractivity contribution >= 4 is 43.2 Å². The van der Waals surface area contributed by atoms with E-state index in [0.717, 1.165) is 0 Å². The van der Waals surface area contributed by atoms with Crippen molar-refractivity contribution in [3.63, 3.8) is 0 Å². The monoisotopic (exact) mass is 611 g/mol. The summed E-state index contributed by atoms with van der Waals surface area (Å²) in [4.78, 5) is 22.3. The van der Waals surface area contributed by atoms with Crippen LogP contribution in [0.15, 0.2) is 130 Å². The Hall–Kier alpha value is -3.85. The van der Waals surface area contributed by atoms with E-state index in [1.54, 1.807) is 36.5 Å². The summed E-state index contributed by atoms with van der Waals surface area (Å²) in [5.41, 5.74) is 2.14. The molecule has 2 N–H and O–H groups in total. The quantitative estimate of drug-likeness (QED) is 0.365. The van der Waals surface area contributed by atoms with Gasteiger partial charge in [-0.05, 0) is 72.8 Å². The summed E-state index contributed by atoms with van der Waals surface area (Å²) >= 11 is 0. The van der Waals surface area contributed by atoms with Gasteiger partial charge in [-0.2, -0.15) is 0 Å². The summed E-state index contributed by atoms with van der Waals surface area (Å²) in [6.45, 7) is 0. The molecule has 0 bridgehead atoms. The molecule has 2 aromatic carbocycles.